The van der Waals surface area contributed by atoms with E-state index in [4.69, 9.17) is 9.78 Å². The van der Waals surface area contributed by atoms with Crippen molar-refractivity contribution in [3.63, 3.8) is 0 Å². The molecule has 1 N–H and O–H groups in total. The van der Waals surface area contributed by atoms with Crippen LogP contribution >= 0.6 is 0 Å². The van der Waals surface area contributed by atoms with Crippen molar-refractivity contribution >= 4 is 11.6 Å². The van der Waals surface area contributed by atoms with Crippen LogP contribution in [0, 0.1) is 11.3 Å². The third kappa shape index (κ3) is 3.78. The van der Waals surface area contributed by atoms with E-state index in [-0.39, 0.29) is 11.6 Å². The molecule has 0 saturated carbocycles. The van der Waals surface area contributed by atoms with Gasteiger partial charge in [-0.2, -0.15) is 10.4 Å². The molecule has 0 radical (unpaired) electrons. The molecule has 8 nitrogen and oxygen atoms in total. The fourth-order valence-electron chi connectivity index (χ4n) is 2.58. The average Bonchev–Trinajstić information content (AvgIpc) is 3.39. The highest BCUT2D eigenvalue weighted by molar-refractivity contribution is 6.03. The minimum absolute atomic E-state index is 0.181. The highest BCUT2D eigenvalue weighted by atomic mass is 16.5. The van der Waals surface area contributed by atoms with Gasteiger partial charge in [0.25, 0.3) is 5.91 Å². The molecule has 3 heterocycles. The second kappa shape index (κ2) is 7.55. The van der Waals surface area contributed by atoms with E-state index in [1.165, 1.54) is 6.20 Å². The second-order valence-electron chi connectivity index (χ2n) is 5.97. The first-order valence-corrected chi connectivity index (χ1v) is 8.42. The summed E-state index contributed by atoms with van der Waals surface area (Å²) in [6.45, 7) is 0.420. The number of aromatic nitrogens is 4. The molecule has 8 heteroatoms. The molecule has 1 aromatic carbocycles. The lowest BCUT2D eigenvalue weighted by Gasteiger charge is -2.01. The van der Waals surface area contributed by atoms with Crippen molar-refractivity contribution in [2.45, 2.75) is 6.54 Å². The van der Waals surface area contributed by atoms with Crippen LogP contribution in [0.1, 0.15) is 21.7 Å². The maximum absolute atomic E-state index is 12.4. The van der Waals surface area contributed by atoms with Gasteiger partial charge in [-0.3, -0.25) is 14.5 Å². The van der Waals surface area contributed by atoms with Crippen LogP contribution in [0.25, 0.3) is 11.3 Å². The van der Waals surface area contributed by atoms with E-state index in [2.05, 4.69) is 20.6 Å². The normalized spacial score (nSPS) is 10.4. The molecule has 28 heavy (non-hydrogen) atoms. The molecule has 4 aromatic rings. The third-order valence-corrected chi connectivity index (χ3v) is 3.97. The van der Waals surface area contributed by atoms with Gasteiger partial charge in [0.1, 0.15) is 6.07 Å². The first kappa shape index (κ1) is 17.2. The predicted molar refractivity (Wildman–Crippen MR) is 100 cm³/mol. The predicted octanol–water partition coefficient (Wildman–Crippen LogP) is 3.11. The topological polar surface area (TPSA) is 110 Å². The van der Waals surface area contributed by atoms with Gasteiger partial charge < -0.3 is 9.84 Å². The molecule has 0 aliphatic heterocycles. The van der Waals surface area contributed by atoms with Crippen LogP contribution in [-0.4, -0.2) is 25.8 Å². The van der Waals surface area contributed by atoms with Gasteiger partial charge in [-0.15, -0.1) is 0 Å². The third-order valence-electron chi connectivity index (χ3n) is 3.97. The van der Waals surface area contributed by atoms with Crippen molar-refractivity contribution in [2.24, 2.45) is 0 Å². The summed E-state index contributed by atoms with van der Waals surface area (Å²) in [5, 5.41) is 19.6. The monoisotopic (exact) mass is 370 g/mol. The van der Waals surface area contributed by atoms with Crippen LogP contribution < -0.4 is 5.32 Å². The molecule has 0 bridgehead atoms. The van der Waals surface area contributed by atoms with Crippen LogP contribution in [0.3, 0.4) is 0 Å². The van der Waals surface area contributed by atoms with Crippen LogP contribution in [0.2, 0.25) is 0 Å². The number of hydrogen-bond acceptors (Lipinski definition) is 6. The molecule has 3 aromatic heterocycles. The molecule has 0 spiro atoms. The summed E-state index contributed by atoms with van der Waals surface area (Å²) < 4.78 is 6.89. The molecular weight excluding hydrogens is 356 g/mol. The molecule has 0 aliphatic carbocycles. The fraction of sp³-hybridized carbons (Fsp3) is 0.0500. The molecule has 0 aliphatic rings. The van der Waals surface area contributed by atoms with Gasteiger partial charge in [-0.05, 0) is 12.1 Å². The van der Waals surface area contributed by atoms with Gasteiger partial charge in [0.2, 0.25) is 0 Å². The summed E-state index contributed by atoms with van der Waals surface area (Å²) >= 11 is 0. The van der Waals surface area contributed by atoms with Crippen molar-refractivity contribution < 1.29 is 9.32 Å². The largest absolute Gasteiger partial charge is 0.355 e. The highest BCUT2D eigenvalue weighted by Gasteiger charge is 2.14. The van der Waals surface area contributed by atoms with E-state index in [1.54, 1.807) is 35.3 Å². The van der Waals surface area contributed by atoms with Gasteiger partial charge in [0.15, 0.2) is 11.5 Å². The number of hydrogen-bond donors (Lipinski definition) is 1. The minimum atomic E-state index is -0.387. The molecule has 1 amide bonds. The number of nitrogens with zero attached hydrogens (tertiary/aromatic N) is 5. The second-order valence-corrected chi connectivity index (χ2v) is 5.97. The van der Waals surface area contributed by atoms with E-state index in [0.717, 1.165) is 11.3 Å². The summed E-state index contributed by atoms with van der Waals surface area (Å²) in [6.07, 6.45) is 4.74. The van der Waals surface area contributed by atoms with E-state index in [1.807, 2.05) is 36.4 Å². The Labute approximate surface area is 160 Å². The first-order chi connectivity index (χ1) is 13.7. The Balaban J connectivity index is 1.41. The Morgan fingerprint density at radius 3 is 2.79 bits per heavy atom. The number of pyridine rings is 1. The van der Waals surface area contributed by atoms with E-state index >= 15 is 0 Å². The molecule has 0 atom stereocenters. The summed E-state index contributed by atoms with van der Waals surface area (Å²) in [5.74, 6) is 0.135. The zero-order valence-electron chi connectivity index (χ0n) is 14.6. The lowest BCUT2D eigenvalue weighted by atomic mass is 10.1. The van der Waals surface area contributed by atoms with Crippen molar-refractivity contribution in [3.8, 4) is 17.4 Å². The van der Waals surface area contributed by atoms with E-state index in [0.29, 0.717) is 23.6 Å². The summed E-state index contributed by atoms with van der Waals surface area (Å²) in [7, 11) is 0. The van der Waals surface area contributed by atoms with E-state index in [9.17, 15) is 4.79 Å². The van der Waals surface area contributed by atoms with Gasteiger partial charge in [-0.1, -0.05) is 35.5 Å². The molecule has 4 rings (SSSR count). The van der Waals surface area contributed by atoms with Gasteiger partial charge >= 0.3 is 0 Å². The Morgan fingerprint density at radius 1 is 1.18 bits per heavy atom. The SMILES string of the molecule is N#Cc1ccc(Cn2cc(NC(=O)c3cc(-c4ccccc4)on3)cn2)nc1. The lowest BCUT2D eigenvalue weighted by Crippen LogP contribution is -2.11. The lowest BCUT2D eigenvalue weighted by molar-refractivity contribution is 0.101. The molecule has 0 saturated heterocycles. The van der Waals surface area contributed by atoms with Gasteiger partial charge in [-0.25, -0.2) is 0 Å². The standard InChI is InChI=1S/C20H14N6O2/c21-9-14-6-7-16(22-10-14)12-26-13-17(11-23-26)24-20(27)18-8-19(28-25-18)15-4-2-1-3-5-15/h1-8,10-11,13H,12H2,(H,24,27). The quantitative estimate of drug-likeness (QED) is 0.578. The van der Waals surface area contributed by atoms with Crippen molar-refractivity contribution in [1.29, 1.82) is 5.26 Å². The number of carbonyl (C=O) groups is 1. The summed E-state index contributed by atoms with van der Waals surface area (Å²) in [6, 6.07) is 16.5. The smallest absolute Gasteiger partial charge is 0.277 e. The van der Waals surface area contributed by atoms with Gasteiger partial charge in [0, 0.05) is 24.0 Å². The van der Waals surface area contributed by atoms with Crippen LogP contribution in [0.4, 0.5) is 5.69 Å². The van der Waals surface area contributed by atoms with Crippen LogP contribution in [0.5, 0.6) is 0 Å². The molecular formula is C20H14N6O2. The van der Waals surface area contributed by atoms with Gasteiger partial charge in [0.05, 0.1) is 29.7 Å². The number of benzene rings is 1. The zero-order chi connectivity index (χ0) is 19.3. The maximum atomic E-state index is 12.4. The molecule has 0 unspecified atom stereocenters. The number of amides is 1. The molecule has 136 valence electrons. The Bertz CT molecular complexity index is 1140. The zero-order valence-corrected chi connectivity index (χ0v) is 14.6. The number of carbonyl (C=O) groups excluding carboxylic acids is 1. The fourth-order valence-corrected chi connectivity index (χ4v) is 2.58. The van der Waals surface area contributed by atoms with Crippen molar-refractivity contribution in [3.05, 3.63) is 84.1 Å². The van der Waals surface area contributed by atoms with Crippen LogP contribution in [0.15, 0.2) is 71.6 Å². The Hall–Kier alpha value is -4.25. The average molecular weight is 370 g/mol. The van der Waals surface area contributed by atoms with Crippen LogP contribution in [-0.2, 0) is 6.54 Å². The number of nitrogens with one attached hydrogen (secondary N) is 1. The number of rotatable bonds is 5. The Kier molecular flexibility index (Phi) is 4.63. The van der Waals surface area contributed by atoms with Crippen molar-refractivity contribution in [2.75, 3.05) is 5.32 Å². The number of anilines is 1. The van der Waals surface area contributed by atoms with E-state index < -0.39 is 0 Å². The Morgan fingerprint density at radius 2 is 2.04 bits per heavy atom. The first-order valence-electron chi connectivity index (χ1n) is 8.42. The molecule has 0 fully saturated rings. The van der Waals surface area contributed by atoms with Crippen molar-refractivity contribution in [1.82, 2.24) is 19.9 Å². The number of nitriles is 1. The summed E-state index contributed by atoms with van der Waals surface area (Å²) in [4.78, 5) is 16.6. The summed E-state index contributed by atoms with van der Waals surface area (Å²) in [5.41, 5.74) is 2.81. The highest BCUT2D eigenvalue weighted by Crippen LogP contribution is 2.20. The minimum Gasteiger partial charge on any atom is -0.355 e. The maximum Gasteiger partial charge on any atom is 0.277 e.